The van der Waals surface area contributed by atoms with Gasteiger partial charge in [-0.2, -0.15) is 0 Å². The van der Waals surface area contributed by atoms with Gasteiger partial charge in [0, 0.05) is 17.3 Å². The van der Waals surface area contributed by atoms with Gasteiger partial charge in [0.2, 0.25) is 0 Å². The number of benzene rings is 1. The Balaban J connectivity index is 1.95. The van der Waals surface area contributed by atoms with Gasteiger partial charge in [0.1, 0.15) is 10.8 Å². The van der Waals surface area contributed by atoms with Crippen LogP contribution in [0.1, 0.15) is 30.5 Å². The molecule has 2 N–H and O–H groups in total. The summed E-state index contributed by atoms with van der Waals surface area (Å²) < 4.78 is 5.47. The first-order chi connectivity index (χ1) is 10.1. The highest BCUT2D eigenvalue weighted by Crippen LogP contribution is 2.22. The van der Waals surface area contributed by atoms with Crippen LogP contribution in [0.3, 0.4) is 0 Å². The van der Waals surface area contributed by atoms with Gasteiger partial charge < -0.3 is 15.4 Å². The van der Waals surface area contributed by atoms with E-state index in [2.05, 4.69) is 15.6 Å². The van der Waals surface area contributed by atoms with Crippen LogP contribution in [0.25, 0.3) is 0 Å². The van der Waals surface area contributed by atoms with Crippen LogP contribution in [0.2, 0.25) is 0 Å². The van der Waals surface area contributed by atoms with E-state index in [1.165, 1.54) is 11.3 Å². The SMILES string of the molecule is CCOc1ccc(NC(=O)N[C@H](C)c2nccs2)cc1C. The van der Waals surface area contributed by atoms with Crippen molar-refractivity contribution in [2.24, 2.45) is 0 Å². The highest BCUT2D eigenvalue weighted by molar-refractivity contribution is 7.09. The number of thiazole rings is 1. The number of amides is 2. The molecular weight excluding hydrogens is 286 g/mol. The molecular formula is C15H19N3O2S. The largest absolute Gasteiger partial charge is 0.494 e. The van der Waals surface area contributed by atoms with Crippen molar-refractivity contribution in [3.05, 3.63) is 40.3 Å². The minimum absolute atomic E-state index is 0.117. The zero-order valence-electron chi connectivity index (χ0n) is 12.3. The van der Waals surface area contributed by atoms with Crippen LogP contribution in [0, 0.1) is 6.92 Å². The fraction of sp³-hybridized carbons (Fsp3) is 0.333. The Bertz CT molecular complexity index is 599. The number of nitrogens with one attached hydrogen (secondary N) is 2. The Morgan fingerprint density at radius 3 is 2.90 bits per heavy atom. The molecule has 2 amide bonds. The molecule has 112 valence electrons. The molecule has 0 saturated carbocycles. The summed E-state index contributed by atoms with van der Waals surface area (Å²) in [5.74, 6) is 0.833. The third kappa shape index (κ3) is 4.19. The number of carbonyl (C=O) groups excluding carboxylic acids is 1. The fourth-order valence-corrected chi connectivity index (χ4v) is 2.56. The zero-order chi connectivity index (χ0) is 15.2. The lowest BCUT2D eigenvalue weighted by Crippen LogP contribution is -2.31. The second-order valence-electron chi connectivity index (χ2n) is 4.60. The summed E-state index contributed by atoms with van der Waals surface area (Å²) in [5.41, 5.74) is 1.72. The lowest BCUT2D eigenvalue weighted by atomic mass is 10.2. The molecule has 6 heteroatoms. The highest BCUT2D eigenvalue weighted by atomic mass is 32.1. The molecule has 1 atom stereocenters. The van der Waals surface area contributed by atoms with Crippen LogP contribution >= 0.6 is 11.3 Å². The van der Waals surface area contributed by atoms with Gasteiger partial charge >= 0.3 is 6.03 Å². The lowest BCUT2D eigenvalue weighted by Gasteiger charge is -2.13. The molecule has 1 aromatic heterocycles. The van der Waals surface area contributed by atoms with Crippen molar-refractivity contribution in [1.29, 1.82) is 0 Å². The van der Waals surface area contributed by atoms with E-state index in [9.17, 15) is 4.79 Å². The Morgan fingerprint density at radius 1 is 1.48 bits per heavy atom. The van der Waals surface area contributed by atoms with Crippen LogP contribution in [0.5, 0.6) is 5.75 Å². The third-order valence-electron chi connectivity index (χ3n) is 2.90. The molecule has 0 aliphatic rings. The molecule has 21 heavy (non-hydrogen) atoms. The van der Waals surface area contributed by atoms with E-state index < -0.39 is 0 Å². The monoisotopic (exact) mass is 305 g/mol. The molecule has 0 unspecified atom stereocenters. The predicted molar refractivity (Wildman–Crippen MR) is 85.0 cm³/mol. The quantitative estimate of drug-likeness (QED) is 0.884. The van der Waals surface area contributed by atoms with Crippen LogP contribution in [-0.4, -0.2) is 17.6 Å². The maximum Gasteiger partial charge on any atom is 0.319 e. The molecule has 1 aromatic carbocycles. The van der Waals surface area contributed by atoms with Crippen LogP contribution in [0.15, 0.2) is 29.8 Å². The number of hydrogen-bond donors (Lipinski definition) is 2. The van der Waals surface area contributed by atoms with E-state index >= 15 is 0 Å². The van der Waals surface area contributed by atoms with Crippen molar-refractivity contribution in [3.8, 4) is 5.75 Å². The molecule has 0 fully saturated rings. The average molecular weight is 305 g/mol. The average Bonchev–Trinajstić information content (AvgIpc) is 2.96. The number of anilines is 1. The summed E-state index contributed by atoms with van der Waals surface area (Å²) in [6.45, 7) is 6.42. The lowest BCUT2D eigenvalue weighted by molar-refractivity contribution is 0.249. The molecule has 0 spiro atoms. The molecule has 0 saturated heterocycles. The topological polar surface area (TPSA) is 63.2 Å². The van der Waals surface area contributed by atoms with Gasteiger partial charge in [-0.15, -0.1) is 11.3 Å². The van der Waals surface area contributed by atoms with Gasteiger partial charge in [0.05, 0.1) is 12.6 Å². The zero-order valence-corrected chi connectivity index (χ0v) is 13.2. The molecule has 0 aliphatic heterocycles. The summed E-state index contributed by atoms with van der Waals surface area (Å²) in [7, 11) is 0. The minimum Gasteiger partial charge on any atom is -0.494 e. The summed E-state index contributed by atoms with van der Waals surface area (Å²) >= 11 is 1.52. The molecule has 0 bridgehead atoms. The van der Waals surface area contributed by atoms with Gasteiger partial charge in [-0.05, 0) is 44.5 Å². The third-order valence-corrected chi connectivity index (χ3v) is 3.86. The summed E-state index contributed by atoms with van der Waals surface area (Å²) in [4.78, 5) is 16.1. The number of carbonyl (C=O) groups is 1. The van der Waals surface area contributed by atoms with Gasteiger partial charge in [-0.3, -0.25) is 0 Å². The van der Waals surface area contributed by atoms with Crippen molar-refractivity contribution < 1.29 is 9.53 Å². The Labute approximate surface area is 128 Å². The van der Waals surface area contributed by atoms with Gasteiger partial charge in [-0.1, -0.05) is 0 Å². The van der Waals surface area contributed by atoms with Crippen molar-refractivity contribution >= 4 is 23.1 Å². The predicted octanol–water partition coefficient (Wildman–Crippen LogP) is 3.73. The van der Waals surface area contributed by atoms with E-state index in [1.807, 2.05) is 44.4 Å². The molecule has 2 aromatic rings. The van der Waals surface area contributed by atoms with Crippen LogP contribution < -0.4 is 15.4 Å². The van der Waals surface area contributed by atoms with E-state index in [4.69, 9.17) is 4.74 Å². The van der Waals surface area contributed by atoms with Crippen molar-refractivity contribution in [2.45, 2.75) is 26.8 Å². The first-order valence-corrected chi connectivity index (χ1v) is 7.68. The number of hydrogen-bond acceptors (Lipinski definition) is 4. The van der Waals surface area contributed by atoms with E-state index in [0.29, 0.717) is 6.61 Å². The van der Waals surface area contributed by atoms with E-state index in [1.54, 1.807) is 6.20 Å². The van der Waals surface area contributed by atoms with Crippen molar-refractivity contribution in [2.75, 3.05) is 11.9 Å². The van der Waals surface area contributed by atoms with E-state index in [0.717, 1.165) is 22.0 Å². The number of rotatable bonds is 5. The Morgan fingerprint density at radius 2 is 2.29 bits per heavy atom. The fourth-order valence-electron chi connectivity index (χ4n) is 1.92. The summed E-state index contributed by atoms with van der Waals surface area (Å²) in [6.07, 6.45) is 1.73. The van der Waals surface area contributed by atoms with Crippen LogP contribution in [-0.2, 0) is 0 Å². The number of urea groups is 1. The van der Waals surface area contributed by atoms with Crippen molar-refractivity contribution in [3.63, 3.8) is 0 Å². The Kier molecular flexibility index (Phi) is 5.16. The molecule has 0 radical (unpaired) electrons. The maximum atomic E-state index is 12.0. The molecule has 1 heterocycles. The summed E-state index contributed by atoms with van der Waals surface area (Å²) in [5, 5.41) is 8.45. The molecule has 0 aliphatic carbocycles. The van der Waals surface area contributed by atoms with Crippen LogP contribution in [0.4, 0.5) is 10.5 Å². The second kappa shape index (κ2) is 7.08. The number of aryl methyl sites for hydroxylation is 1. The number of nitrogens with zero attached hydrogens (tertiary/aromatic N) is 1. The molecule has 2 rings (SSSR count). The first-order valence-electron chi connectivity index (χ1n) is 6.80. The van der Waals surface area contributed by atoms with Gasteiger partial charge in [0.15, 0.2) is 0 Å². The minimum atomic E-state index is -0.249. The standard InChI is InChI=1S/C15H19N3O2S/c1-4-20-13-6-5-12(9-10(13)2)18-15(19)17-11(3)14-16-7-8-21-14/h5-9,11H,4H2,1-3H3,(H2,17,18,19)/t11-/m1/s1. The van der Waals surface area contributed by atoms with E-state index in [-0.39, 0.29) is 12.1 Å². The van der Waals surface area contributed by atoms with Gasteiger partial charge in [-0.25, -0.2) is 9.78 Å². The number of aromatic nitrogens is 1. The second-order valence-corrected chi connectivity index (χ2v) is 5.53. The maximum absolute atomic E-state index is 12.0. The smallest absolute Gasteiger partial charge is 0.319 e. The Hall–Kier alpha value is -2.08. The number of ether oxygens (including phenoxy) is 1. The normalized spacial score (nSPS) is 11.8. The highest BCUT2D eigenvalue weighted by Gasteiger charge is 2.12. The van der Waals surface area contributed by atoms with Crippen molar-refractivity contribution in [1.82, 2.24) is 10.3 Å². The molecule has 5 nitrogen and oxygen atoms in total. The van der Waals surface area contributed by atoms with Gasteiger partial charge in [0.25, 0.3) is 0 Å². The summed E-state index contributed by atoms with van der Waals surface area (Å²) in [6, 6.07) is 5.21. The first kappa shape index (κ1) is 15.3.